The molecule has 0 bridgehead atoms. The van der Waals surface area contributed by atoms with E-state index in [0.29, 0.717) is 0 Å². The second-order valence-electron chi connectivity index (χ2n) is 13.7. The number of nitrogens with zero attached hydrogens (tertiary/aromatic N) is 1. The number of rotatable bonds is 3. The molecule has 1 aliphatic carbocycles. The van der Waals surface area contributed by atoms with Gasteiger partial charge in [0.25, 0.3) is 0 Å². The van der Waals surface area contributed by atoms with E-state index >= 15 is 4.57 Å². The summed E-state index contributed by atoms with van der Waals surface area (Å²) in [5.74, 6) is 0. The summed E-state index contributed by atoms with van der Waals surface area (Å²) in [4.78, 5) is 0. The fraction of sp³-hybridized carbons (Fsp3) is 0.0667. The molecule has 10 rings (SSSR count). The van der Waals surface area contributed by atoms with Crippen LogP contribution < -0.4 is 15.9 Å². The summed E-state index contributed by atoms with van der Waals surface area (Å²) >= 11 is 0. The van der Waals surface area contributed by atoms with Gasteiger partial charge in [-0.3, -0.25) is 0 Å². The first-order chi connectivity index (χ1) is 23.5. The van der Waals surface area contributed by atoms with Crippen LogP contribution in [0.2, 0.25) is 0 Å². The number of fused-ring (bicyclic) bond motifs is 10. The highest BCUT2D eigenvalue weighted by molar-refractivity contribution is 7.86. The standard InChI is InChI=1S/C45H32NOP/c1-45(2)39-27-30(29-13-5-3-6-14-29)21-23-33(39)34-24-22-31(28-40(34)45)46-41-19-11-9-17-35(41)37-25-26-38-36-18-10-12-20-42(36)48(47,44(38)43(37)46)32-15-7-4-8-16-32/h3-28H,1-2H3. The maximum atomic E-state index is 15.9. The lowest BCUT2D eigenvalue weighted by Gasteiger charge is -2.23. The van der Waals surface area contributed by atoms with Gasteiger partial charge in [0.1, 0.15) is 0 Å². The zero-order valence-corrected chi connectivity index (χ0v) is 27.7. The first-order valence-electron chi connectivity index (χ1n) is 16.6. The average molecular weight is 634 g/mol. The van der Waals surface area contributed by atoms with E-state index in [4.69, 9.17) is 0 Å². The van der Waals surface area contributed by atoms with E-state index in [2.05, 4.69) is 140 Å². The number of benzene rings is 7. The van der Waals surface area contributed by atoms with Gasteiger partial charge in [-0.2, -0.15) is 0 Å². The maximum absolute atomic E-state index is 15.9. The normalized spacial score (nSPS) is 16.9. The highest BCUT2D eigenvalue weighted by Gasteiger charge is 2.43. The molecule has 1 aromatic heterocycles. The molecule has 3 heteroatoms. The predicted molar refractivity (Wildman–Crippen MR) is 202 cm³/mol. The van der Waals surface area contributed by atoms with E-state index in [-0.39, 0.29) is 5.41 Å². The Morgan fingerprint density at radius 2 is 1.17 bits per heavy atom. The van der Waals surface area contributed by atoms with Crippen LogP contribution in [-0.4, -0.2) is 4.57 Å². The van der Waals surface area contributed by atoms with Crippen molar-refractivity contribution in [2.45, 2.75) is 19.3 Å². The SMILES string of the molecule is CC1(C)c2cc(-c3ccccc3)ccc2-c2ccc(-n3c4ccccc4c4ccc5c(c43)P(=O)(c3ccccc3)c3ccccc3-5)cc21. The van der Waals surface area contributed by atoms with Crippen molar-refractivity contribution < 1.29 is 4.57 Å². The fourth-order valence-electron chi connectivity index (χ4n) is 8.52. The Balaban J connectivity index is 1.25. The van der Waals surface area contributed by atoms with Gasteiger partial charge in [-0.05, 0) is 68.8 Å². The minimum atomic E-state index is -3.20. The van der Waals surface area contributed by atoms with E-state index in [1.807, 2.05) is 36.4 Å². The van der Waals surface area contributed by atoms with Gasteiger partial charge >= 0.3 is 0 Å². The third-order valence-corrected chi connectivity index (χ3v) is 14.0. The van der Waals surface area contributed by atoms with Crippen LogP contribution in [0.1, 0.15) is 25.0 Å². The topological polar surface area (TPSA) is 22.0 Å². The highest BCUT2D eigenvalue weighted by atomic mass is 31.2. The smallest absolute Gasteiger partial charge is 0.174 e. The summed E-state index contributed by atoms with van der Waals surface area (Å²) in [7, 11) is -3.20. The molecule has 0 N–H and O–H groups in total. The van der Waals surface area contributed by atoms with E-state index in [0.717, 1.165) is 49.1 Å². The molecule has 0 saturated heterocycles. The van der Waals surface area contributed by atoms with Crippen molar-refractivity contribution in [3.63, 3.8) is 0 Å². The third-order valence-electron chi connectivity index (χ3n) is 10.8. The van der Waals surface area contributed by atoms with Crippen molar-refractivity contribution in [2.75, 3.05) is 0 Å². The minimum Gasteiger partial charge on any atom is -0.309 e. The number of para-hydroxylation sites is 1. The van der Waals surface area contributed by atoms with E-state index in [1.165, 1.54) is 38.8 Å². The first-order valence-corrected chi connectivity index (χ1v) is 18.3. The molecular weight excluding hydrogens is 601 g/mol. The molecule has 0 amide bonds. The van der Waals surface area contributed by atoms with Gasteiger partial charge < -0.3 is 9.13 Å². The molecule has 1 aliphatic heterocycles. The molecule has 7 aromatic carbocycles. The van der Waals surface area contributed by atoms with Crippen molar-refractivity contribution in [3.05, 3.63) is 169 Å². The lowest BCUT2D eigenvalue weighted by molar-refractivity contribution is 0.593. The van der Waals surface area contributed by atoms with Gasteiger partial charge in [-0.1, -0.05) is 147 Å². The Hall–Kier alpha value is -5.43. The van der Waals surface area contributed by atoms with Crippen LogP contribution in [0.15, 0.2) is 158 Å². The Labute approximate surface area is 280 Å². The summed E-state index contributed by atoms with van der Waals surface area (Å²) in [6.07, 6.45) is 0. The van der Waals surface area contributed by atoms with Crippen LogP contribution in [0.5, 0.6) is 0 Å². The van der Waals surface area contributed by atoms with Gasteiger partial charge in [0.05, 0.1) is 16.3 Å². The van der Waals surface area contributed by atoms with Crippen molar-refractivity contribution in [3.8, 4) is 39.1 Å². The minimum absolute atomic E-state index is 0.193. The maximum Gasteiger partial charge on any atom is 0.174 e. The summed E-state index contributed by atoms with van der Waals surface area (Å²) < 4.78 is 18.3. The molecular formula is C45H32NOP. The quantitative estimate of drug-likeness (QED) is 0.178. The first kappa shape index (κ1) is 27.7. The van der Waals surface area contributed by atoms with Crippen molar-refractivity contribution in [1.82, 2.24) is 4.57 Å². The monoisotopic (exact) mass is 633 g/mol. The van der Waals surface area contributed by atoms with Crippen LogP contribution in [0.4, 0.5) is 0 Å². The molecule has 48 heavy (non-hydrogen) atoms. The van der Waals surface area contributed by atoms with Gasteiger partial charge in [0, 0.05) is 32.5 Å². The second-order valence-corrected chi connectivity index (χ2v) is 16.3. The van der Waals surface area contributed by atoms with Gasteiger partial charge in [-0.15, -0.1) is 0 Å². The molecule has 2 heterocycles. The molecule has 0 radical (unpaired) electrons. The average Bonchev–Trinajstić information content (AvgIpc) is 3.70. The Bertz CT molecular complexity index is 2670. The van der Waals surface area contributed by atoms with Crippen molar-refractivity contribution in [2.24, 2.45) is 0 Å². The Morgan fingerprint density at radius 3 is 1.98 bits per heavy atom. The molecule has 1 unspecified atom stereocenters. The summed E-state index contributed by atoms with van der Waals surface area (Å²) in [6.45, 7) is 4.69. The molecule has 0 fully saturated rings. The van der Waals surface area contributed by atoms with E-state index in [1.54, 1.807) is 0 Å². The van der Waals surface area contributed by atoms with Gasteiger partial charge in [0.2, 0.25) is 0 Å². The third kappa shape index (κ3) is 3.56. The Kier molecular flexibility index (Phi) is 5.65. The fourth-order valence-corrected chi connectivity index (χ4v) is 11.8. The lowest BCUT2D eigenvalue weighted by Crippen LogP contribution is -2.22. The summed E-state index contributed by atoms with van der Waals surface area (Å²) in [5.41, 5.74) is 12.9. The molecule has 0 spiro atoms. The van der Waals surface area contributed by atoms with Crippen molar-refractivity contribution in [1.29, 1.82) is 0 Å². The number of hydrogen-bond donors (Lipinski definition) is 0. The van der Waals surface area contributed by atoms with E-state index in [9.17, 15) is 0 Å². The molecule has 8 aromatic rings. The molecule has 2 nitrogen and oxygen atoms in total. The number of hydrogen-bond acceptors (Lipinski definition) is 1. The van der Waals surface area contributed by atoms with Crippen LogP contribution in [0.25, 0.3) is 60.9 Å². The van der Waals surface area contributed by atoms with Crippen LogP contribution in [-0.2, 0) is 9.98 Å². The Morgan fingerprint density at radius 1 is 0.521 bits per heavy atom. The van der Waals surface area contributed by atoms with Crippen LogP contribution >= 0.6 is 7.14 Å². The van der Waals surface area contributed by atoms with Gasteiger partial charge in [0.15, 0.2) is 7.14 Å². The summed E-state index contributed by atoms with van der Waals surface area (Å²) in [5, 5.41) is 5.04. The van der Waals surface area contributed by atoms with Crippen LogP contribution in [0.3, 0.4) is 0 Å². The molecule has 228 valence electrons. The van der Waals surface area contributed by atoms with E-state index < -0.39 is 7.14 Å². The second kappa shape index (κ2) is 9.80. The predicted octanol–water partition coefficient (Wildman–Crippen LogP) is 10.4. The van der Waals surface area contributed by atoms with Crippen LogP contribution in [0, 0.1) is 0 Å². The molecule has 1 atom stereocenters. The zero-order valence-electron chi connectivity index (χ0n) is 26.8. The largest absolute Gasteiger partial charge is 0.309 e. The molecule has 2 aliphatic rings. The lowest BCUT2D eigenvalue weighted by atomic mass is 9.81. The number of aromatic nitrogens is 1. The molecule has 0 saturated carbocycles. The zero-order chi connectivity index (χ0) is 32.2. The highest BCUT2D eigenvalue weighted by Crippen LogP contribution is 2.55. The summed E-state index contributed by atoms with van der Waals surface area (Å²) in [6, 6.07) is 56.0. The van der Waals surface area contributed by atoms with Crippen molar-refractivity contribution >= 4 is 44.9 Å². The van der Waals surface area contributed by atoms with Gasteiger partial charge in [-0.25, -0.2) is 0 Å².